The lowest BCUT2D eigenvalue weighted by atomic mass is 9.63. The first kappa shape index (κ1) is 48.6. The Morgan fingerprint density at radius 1 is 0.265 bits per heavy atom. The Hall–Kier alpha value is -7.88. The molecule has 6 unspecified atom stereocenters. The molecule has 6 atom stereocenters. The van der Waals surface area contributed by atoms with E-state index in [-0.39, 0.29) is 33.0 Å². The van der Waals surface area contributed by atoms with Gasteiger partial charge in [-0.25, -0.2) is 0 Å². The van der Waals surface area contributed by atoms with E-state index in [2.05, 4.69) is 211 Å². The number of ether oxygens (including phenoxy) is 3. The molecule has 12 aromatic rings. The largest absolute Gasteiger partial charge is 0.486 e. The van der Waals surface area contributed by atoms with Gasteiger partial charge in [-0.1, -0.05) is 173 Å². The van der Waals surface area contributed by atoms with Gasteiger partial charge in [-0.05, 0) is 235 Å². The molecule has 3 aliphatic carbocycles. The molecule has 0 spiro atoms. The molecule has 408 valence electrons. The van der Waals surface area contributed by atoms with Gasteiger partial charge in [-0.2, -0.15) is 0 Å². The summed E-state index contributed by atoms with van der Waals surface area (Å²) in [6.45, 7) is 14.5. The van der Waals surface area contributed by atoms with Crippen molar-refractivity contribution in [2.45, 2.75) is 152 Å². The average molecular weight is 1080 g/mol. The van der Waals surface area contributed by atoms with Crippen LogP contribution < -0.4 is 14.2 Å². The summed E-state index contributed by atoms with van der Waals surface area (Å²) in [7, 11) is 0. The molecule has 3 saturated carbocycles. The molecule has 3 heterocycles. The van der Waals surface area contributed by atoms with Crippen molar-refractivity contribution in [2.75, 3.05) is 0 Å². The van der Waals surface area contributed by atoms with Crippen molar-refractivity contribution in [1.29, 1.82) is 0 Å². The smallest absolute Gasteiger partial charge is 0.124 e. The number of fused-ring (bicyclic) bond motifs is 15. The summed E-state index contributed by atoms with van der Waals surface area (Å²) in [6.07, 6.45) is 14.0. The van der Waals surface area contributed by atoms with Crippen LogP contribution >= 0.6 is 0 Å². The maximum atomic E-state index is 7.01. The van der Waals surface area contributed by atoms with Crippen LogP contribution in [0.15, 0.2) is 170 Å². The van der Waals surface area contributed by atoms with Crippen molar-refractivity contribution in [3.63, 3.8) is 0 Å². The molecular formula is C80H70O3. The van der Waals surface area contributed by atoms with Crippen LogP contribution in [0, 0.1) is 0 Å². The maximum Gasteiger partial charge on any atom is 0.124 e. The summed E-state index contributed by atoms with van der Waals surface area (Å²) in [5, 5.41) is 15.8. The van der Waals surface area contributed by atoms with Crippen LogP contribution in [-0.4, -0.2) is 16.8 Å². The molecule has 3 heteroatoms. The molecule has 0 saturated heterocycles. The van der Waals surface area contributed by atoms with E-state index in [4.69, 9.17) is 14.2 Å². The molecular weight excluding hydrogens is 1010 g/mol. The van der Waals surface area contributed by atoms with Gasteiger partial charge in [0.2, 0.25) is 0 Å². The normalized spacial score (nSPS) is 26.9. The standard InChI is InChI=1S/C80H70O3/c1-75-38-13-16-41-78(75,4)81-63-35-26-49(44-60(63)75)52-29-32-57-68-55(52)24-19-25-56(68)71-66(47-20-9-7-10-21-47)73-58-33-30-53(50-27-36-64-61(45-50)76(2)39-14-17-42-79(76,5)82-64)69-54(51-28-37-65-62(46-51)77(3)40-15-18-43-80(77,6)83-65)31-34-59(70(58)69)74(73)67(72(57)71)48-22-11-8-12-23-48/h7-12,19-37,44-46H,13-18,38-43H2,1-6H3. The highest BCUT2D eigenvalue weighted by Crippen LogP contribution is 2.63. The fourth-order valence-corrected chi connectivity index (χ4v) is 18.7. The maximum absolute atomic E-state index is 7.01. The molecule has 0 aromatic heterocycles. The zero-order valence-corrected chi connectivity index (χ0v) is 48.9. The number of hydrogen-bond donors (Lipinski definition) is 0. The van der Waals surface area contributed by atoms with E-state index in [1.807, 2.05) is 0 Å². The number of hydrogen-bond acceptors (Lipinski definition) is 3. The summed E-state index contributed by atoms with van der Waals surface area (Å²) >= 11 is 0. The topological polar surface area (TPSA) is 27.7 Å². The predicted molar refractivity (Wildman–Crippen MR) is 346 cm³/mol. The van der Waals surface area contributed by atoms with E-state index < -0.39 is 0 Å². The molecule has 0 radical (unpaired) electrons. The third-order valence-electron chi connectivity index (χ3n) is 23.8. The highest BCUT2D eigenvalue weighted by Gasteiger charge is 2.58. The zero-order valence-electron chi connectivity index (χ0n) is 48.9. The summed E-state index contributed by atoms with van der Waals surface area (Å²) < 4.78 is 20.9. The fraction of sp³-hybridized carbons (Fsp3) is 0.300. The van der Waals surface area contributed by atoms with Crippen molar-refractivity contribution in [3.8, 4) is 72.9 Å². The highest BCUT2D eigenvalue weighted by molar-refractivity contribution is 6.47. The minimum Gasteiger partial charge on any atom is -0.486 e. The van der Waals surface area contributed by atoms with E-state index in [1.165, 1.54) is 175 Å². The van der Waals surface area contributed by atoms with Crippen molar-refractivity contribution in [1.82, 2.24) is 0 Å². The van der Waals surface area contributed by atoms with E-state index >= 15 is 0 Å². The lowest BCUT2D eigenvalue weighted by Crippen LogP contribution is -2.49. The molecule has 3 nitrogen and oxygen atoms in total. The van der Waals surface area contributed by atoms with Crippen LogP contribution in [0.5, 0.6) is 17.2 Å². The van der Waals surface area contributed by atoms with Gasteiger partial charge < -0.3 is 14.2 Å². The van der Waals surface area contributed by atoms with Gasteiger partial charge >= 0.3 is 0 Å². The second-order valence-electron chi connectivity index (χ2n) is 27.7. The van der Waals surface area contributed by atoms with Crippen LogP contribution in [0.25, 0.3) is 120 Å². The van der Waals surface area contributed by atoms with Crippen molar-refractivity contribution in [3.05, 3.63) is 187 Å². The highest BCUT2D eigenvalue weighted by atomic mass is 16.5. The van der Waals surface area contributed by atoms with Gasteiger partial charge in [0.15, 0.2) is 0 Å². The van der Waals surface area contributed by atoms with E-state index in [9.17, 15) is 0 Å². The Bertz CT molecular complexity index is 4550. The average Bonchev–Trinajstić information content (AvgIpc) is 2.84. The van der Waals surface area contributed by atoms with Gasteiger partial charge in [-0.15, -0.1) is 0 Å². The summed E-state index contributed by atoms with van der Waals surface area (Å²) in [4.78, 5) is 0. The SMILES string of the molecule is CC12CCCCC1(C)c1cc(-c3ccc4c5c(-c6ccccc6)c6c7ccc(-c8ccc9c(c8)C8(C)CCCCC8(C)O9)c8c(-c9ccc%10c(c9)C9(C)CCCCC9(C)O%10)ccc(c6c(-c6ccccc6)c5c5cccc3c54)c87)ccc1O2. The lowest BCUT2D eigenvalue weighted by Gasteiger charge is -2.43. The first-order valence-electron chi connectivity index (χ1n) is 31.4. The Morgan fingerprint density at radius 3 is 1.04 bits per heavy atom. The first-order chi connectivity index (χ1) is 40.3. The Labute approximate surface area is 487 Å². The van der Waals surface area contributed by atoms with Crippen molar-refractivity contribution >= 4 is 64.6 Å². The molecule has 6 aliphatic rings. The van der Waals surface area contributed by atoms with Crippen LogP contribution in [-0.2, 0) is 16.2 Å². The Morgan fingerprint density at radius 2 is 0.614 bits per heavy atom. The molecule has 83 heavy (non-hydrogen) atoms. The third kappa shape index (κ3) is 6.11. The molecule has 12 aromatic carbocycles. The molecule has 18 rings (SSSR count). The van der Waals surface area contributed by atoms with Gasteiger partial charge in [0.1, 0.15) is 34.1 Å². The zero-order chi connectivity index (χ0) is 55.6. The van der Waals surface area contributed by atoms with Crippen LogP contribution in [0.4, 0.5) is 0 Å². The van der Waals surface area contributed by atoms with E-state index in [0.717, 1.165) is 55.8 Å². The van der Waals surface area contributed by atoms with Crippen molar-refractivity contribution in [2.24, 2.45) is 0 Å². The second-order valence-corrected chi connectivity index (χ2v) is 27.7. The fourth-order valence-electron chi connectivity index (χ4n) is 18.7. The minimum absolute atomic E-state index is 0.0188. The van der Waals surface area contributed by atoms with Gasteiger partial charge in [0.25, 0.3) is 0 Å². The monoisotopic (exact) mass is 1080 g/mol. The molecule has 0 bridgehead atoms. The second kappa shape index (κ2) is 16.5. The summed E-state index contributed by atoms with van der Waals surface area (Å²) in [6, 6.07) is 66.2. The van der Waals surface area contributed by atoms with Crippen LogP contribution in [0.1, 0.15) is 135 Å². The van der Waals surface area contributed by atoms with Crippen LogP contribution in [0.3, 0.4) is 0 Å². The summed E-state index contributed by atoms with van der Waals surface area (Å²) in [5.41, 5.74) is 16.0. The first-order valence-corrected chi connectivity index (χ1v) is 31.4. The van der Waals surface area contributed by atoms with E-state index in [1.54, 1.807) is 0 Å². The number of rotatable bonds is 5. The third-order valence-corrected chi connectivity index (χ3v) is 23.8. The van der Waals surface area contributed by atoms with Gasteiger partial charge in [0.05, 0.1) is 0 Å². The summed E-state index contributed by atoms with van der Waals surface area (Å²) in [5.74, 6) is 3.18. The quantitative estimate of drug-likeness (QED) is 0.172. The molecule has 0 amide bonds. The van der Waals surface area contributed by atoms with E-state index in [0.29, 0.717) is 0 Å². The molecule has 0 N–H and O–H groups in total. The minimum atomic E-state index is -0.212. The predicted octanol–water partition coefficient (Wildman–Crippen LogP) is 21.8. The van der Waals surface area contributed by atoms with Crippen LogP contribution in [0.2, 0.25) is 0 Å². The number of benzene rings is 10. The lowest BCUT2D eigenvalue weighted by molar-refractivity contribution is 0.00727. The Balaban J connectivity index is 0.958. The van der Waals surface area contributed by atoms with Crippen molar-refractivity contribution < 1.29 is 14.2 Å². The molecule has 3 fully saturated rings. The Kier molecular flexibility index (Phi) is 9.65. The van der Waals surface area contributed by atoms with Gasteiger partial charge in [0, 0.05) is 32.9 Å². The van der Waals surface area contributed by atoms with Gasteiger partial charge in [-0.3, -0.25) is 0 Å². The molecule has 3 aliphatic heterocycles.